The quantitative estimate of drug-likeness (QED) is 0.565. The minimum atomic E-state index is -0.883. The minimum absolute atomic E-state index is 0.0265. The molecule has 2 aromatic carbocycles. The molecule has 2 amide bonds. The van der Waals surface area contributed by atoms with Crippen molar-refractivity contribution in [3.8, 4) is 5.75 Å². The van der Waals surface area contributed by atoms with Crippen LogP contribution in [0.15, 0.2) is 42.5 Å². The second-order valence-corrected chi connectivity index (χ2v) is 10.2. The van der Waals surface area contributed by atoms with Crippen LogP contribution in [0.4, 0.5) is 14.9 Å². The summed E-state index contributed by atoms with van der Waals surface area (Å²) < 4.78 is 19.1. The van der Waals surface area contributed by atoms with Crippen LogP contribution in [0.2, 0.25) is 5.02 Å². The van der Waals surface area contributed by atoms with Crippen molar-refractivity contribution in [1.82, 2.24) is 9.80 Å². The summed E-state index contributed by atoms with van der Waals surface area (Å²) in [6.07, 6.45) is 2.16. The molecular weight excluding hydrogens is 485 g/mol. The first-order valence-corrected chi connectivity index (χ1v) is 12.8. The fraction of sp³-hybridized carbons (Fsp3) is 0.481. The zero-order valence-corrected chi connectivity index (χ0v) is 21.5. The molecule has 4 rings (SSSR count). The maximum absolute atomic E-state index is 13.2. The van der Waals surface area contributed by atoms with Gasteiger partial charge in [-0.1, -0.05) is 17.7 Å². The average Bonchev–Trinajstić information content (AvgIpc) is 2.86. The summed E-state index contributed by atoms with van der Waals surface area (Å²) in [5, 5.41) is 9.86. The third-order valence-corrected chi connectivity index (χ3v) is 7.60. The van der Waals surface area contributed by atoms with E-state index in [1.165, 1.54) is 17.0 Å². The Bertz CT molecular complexity index is 1080. The van der Waals surface area contributed by atoms with Gasteiger partial charge in [-0.05, 0) is 74.6 Å². The van der Waals surface area contributed by atoms with Gasteiger partial charge in [0.15, 0.2) is 0 Å². The molecule has 0 radical (unpaired) electrons. The highest BCUT2D eigenvalue weighted by Crippen LogP contribution is 2.31. The molecule has 0 unspecified atom stereocenters. The first kappa shape index (κ1) is 26.2. The van der Waals surface area contributed by atoms with Crippen molar-refractivity contribution in [2.75, 3.05) is 31.6 Å². The van der Waals surface area contributed by atoms with Gasteiger partial charge in [-0.25, -0.2) is 9.18 Å². The molecule has 2 fully saturated rings. The van der Waals surface area contributed by atoms with Gasteiger partial charge >= 0.3 is 6.09 Å². The number of nitrogens with zero attached hydrogens (tertiary/aromatic N) is 3. The number of carboxylic acid groups (broad SMARTS) is 1. The van der Waals surface area contributed by atoms with E-state index in [9.17, 15) is 19.1 Å². The number of amides is 2. The maximum atomic E-state index is 13.2. The molecule has 7 nitrogen and oxygen atoms in total. The maximum Gasteiger partial charge on any atom is 0.407 e. The molecule has 0 spiro atoms. The molecule has 36 heavy (non-hydrogen) atoms. The van der Waals surface area contributed by atoms with Gasteiger partial charge in [-0.15, -0.1) is 0 Å². The van der Waals surface area contributed by atoms with Crippen LogP contribution >= 0.6 is 11.6 Å². The lowest BCUT2D eigenvalue weighted by atomic mass is 9.86. The Labute approximate surface area is 216 Å². The van der Waals surface area contributed by atoms with E-state index in [1.807, 2.05) is 25.1 Å². The van der Waals surface area contributed by atoms with Gasteiger partial charge in [-0.3, -0.25) is 9.69 Å². The minimum Gasteiger partial charge on any atom is -0.490 e. The van der Waals surface area contributed by atoms with Gasteiger partial charge < -0.3 is 19.6 Å². The molecule has 1 saturated heterocycles. The molecule has 9 heteroatoms. The molecule has 1 heterocycles. The van der Waals surface area contributed by atoms with Crippen LogP contribution in [0.5, 0.6) is 5.75 Å². The number of halogens is 2. The summed E-state index contributed by atoms with van der Waals surface area (Å²) in [5.74, 6) is 0.350. The SMILES string of the molecule is C[C@H]1CN(Cc2ccc(N(C)C(=O)[C@H]3CC[C@H](Oc4ccc(F)cc4)CC3)cc2Cl)CCN1C(=O)O. The monoisotopic (exact) mass is 517 g/mol. The molecule has 2 aromatic rings. The van der Waals surface area contributed by atoms with Crippen LogP contribution in [0.3, 0.4) is 0 Å². The first-order chi connectivity index (χ1) is 17.2. The number of benzene rings is 2. The van der Waals surface area contributed by atoms with Crippen molar-refractivity contribution in [2.24, 2.45) is 5.92 Å². The summed E-state index contributed by atoms with van der Waals surface area (Å²) in [5.41, 5.74) is 1.71. The number of rotatable bonds is 6. The van der Waals surface area contributed by atoms with Gasteiger partial charge in [-0.2, -0.15) is 0 Å². The first-order valence-electron chi connectivity index (χ1n) is 12.4. The smallest absolute Gasteiger partial charge is 0.407 e. The fourth-order valence-corrected chi connectivity index (χ4v) is 5.34. The number of ether oxygens (including phenoxy) is 1. The molecule has 194 valence electrons. The van der Waals surface area contributed by atoms with E-state index in [0.717, 1.165) is 36.9 Å². The lowest BCUT2D eigenvalue weighted by Gasteiger charge is -2.38. The van der Waals surface area contributed by atoms with Crippen LogP contribution in [0, 0.1) is 11.7 Å². The standard InChI is InChI=1S/C27H33ClFN3O4/c1-18-16-31(13-14-32(18)27(34)35)17-20-3-8-22(15-25(20)28)30(2)26(33)19-4-9-23(10-5-19)36-24-11-6-21(29)7-12-24/h3,6-8,11-12,15,18-19,23H,4-5,9-10,13-14,16-17H2,1-2H3,(H,34,35)/t18-,19-,23-/m0/s1. The molecule has 2 aliphatic rings. The molecule has 1 N–H and O–H groups in total. The Kier molecular flexibility index (Phi) is 8.36. The predicted octanol–water partition coefficient (Wildman–Crippen LogP) is 5.26. The lowest BCUT2D eigenvalue weighted by Crippen LogP contribution is -2.53. The Morgan fingerprint density at radius 1 is 1.11 bits per heavy atom. The Morgan fingerprint density at radius 2 is 1.81 bits per heavy atom. The topological polar surface area (TPSA) is 73.3 Å². The van der Waals surface area contributed by atoms with Crippen LogP contribution in [0.25, 0.3) is 0 Å². The molecule has 0 bridgehead atoms. The van der Waals surface area contributed by atoms with E-state index in [-0.39, 0.29) is 29.8 Å². The van der Waals surface area contributed by atoms with E-state index in [0.29, 0.717) is 37.0 Å². The van der Waals surface area contributed by atoms with Gasteiger partial charge in [0.1, 0.15) is 11.6 Å². The number of carbonyl (C=O) groups excluding carboxylic acids is 1. The number of hydrogen-bond donors (Lipinski definition) is 1. The molecule has 0 aromatic heterocycles. The second kappa shape index (κ2) is 11.5. The van der Waals surface area contributed by atoms with Crippen molar-refractivity contribution in [3.05, 3.63) is 58.9 Å². The van der Waals surface area contributed by atoms with Crippen molar-refractivity contribution in [3.63, 3.8) is 0 Å². The van der Waals surface area contributed by atoms with Crippen LogP contribution < -0.4 is 9.64 Å². The number of piperazine rings is 1. The predicted molar refractivity (Wildman–Crippen MR) is 137 cm³/mol. The highest BCUT2D eigenvalue weighted by Gasteiger charge is 2.30. The Hall–Kier alpha value is -2.84. The molecule has 1 atom stereocenters. The summed E-state index contributed by atoms with van der Waals surface area (Å²) in [6.45, 7) is 4.32. The Morgan fingerprint density at radius 3 is 2.42 bits per heavy atom. The van der Waals surface area contributed by atoms with Crippen LogP contribution in [-0.2, 0) is 11.3 Å². The summed E-state index contributed by atoms with van der Waals surface area (Å²) in [7, 11) is 1.78. The van der Waals surface area contributed by atoms with Gasteiger partial charge in [0, 0.05) is 55.9 Å². The number of carbonyl (C=O) groups is 2. The van der Waals surface area contributed by atoms with Crippen LogP contribution in [0.1, 0.15) is 38.2 Å². The van der Waals surface area contributed by atoms with Gasteiger partial charge in [0.2, 0.25) is 5.91 Å². The Balaban J connectivity index is 1.29. The third-order valence-electron chi connectivity index (χ3n) is 7.25. The van der Waals surface area contributed by atoms with E-state index < -0.39 is 6.09 Å². The third kappa shape index (κ3) is 6.28. The van der Waals surface area contributed by atoms with Crippen LogP contribution in [-0.4, -0.2) is 65.7 Å². The zero-order valence-electron chi connectivity index (χ0n) is 20.7. The van der Waals surface area contributed by atoms with Gasteiger partial charge in [0.05, 0.1) is 6.10 Å². The summed E-state index contributed by atoms with van der Waals surface area (Å²) in [6, 6.07) is 11.6. The lowest BCUT2D eigenvalue weighted by molar-refractivity contribution is -0.123. The zero-order chi connectivity index (χ0) is 25.8. The van der Waals surface area contributed by atoms with Crippen molar-refractivity contribution < 1.29 is 23.8 Å². The van der Waals surface area contributed by atoms with Gasteiger partial charge in [0.25, 0.3) is 0 Å². The van der Waals surface area contributed by atoms with E-state index in [2.05, 4.69) is 4.90 Å². The normalized spacial score (nSPS) is 22.8. The molecule has 1 aliphatic heterocycles. The highest BCUT2D eigenvalue weighted by molar-refractivity contribution is 6.31. The highest BCUT2D eigenvalue weighted by atomic mass is 35.5. The number of anilines is 1. The van der Waals surface area contributed by atoms with Crippen molar-refractivity contribution in [2.45, 2.75) is 51.3 Å². The second-order valence-electron chi connectivity index (χ2n) is 9.78. The van der Waals surface area contributed by atoms with E-state index in [4.69, 9.17) is 16.3 Å². The van der Waals surface area contributed by atoms with Crippen molar-refractivity contribution >= 4 is 29.3 Å². The number of hydrogen-bond acceptors (Lipinski definition) is 4. The van der Waals surface area contributed by atoms with E-state index >= 15 is 0 Å². The fourth-order valence-electron chi connectivity index (χ4n) is 5.11. The summed E-state index contributed by atoms with van der Waals surface area (Å²) >= 11 is 6.60. The summed E-state index contributed by atoms with van der Waals surface area (Å²) in [4.78, 5) is 29.8. The largest absolute Gasteiger partial charge is 0.490 e. The van der Waals surface area contributed by atoms with E-state index in [1.54, 1.807) is 24.1 Å². The average molecular weight is 518 g/mol. The van der Waals surface area contributed by atoms with Crippen molar-refractivity contribution in [1.29, 1.82) is 0 Å². The molecule has 1 aliphatic carbocycles. The molecular formula is C27H33ClFN3O4. The molecule has 1 saturated carbocycles.